The fraction of sp³-hybridized carbons (Fsp3) is 0. The zero-order chi connectivity index (χ0) is 41.4. The molecule has 0 fully saturated rings. The second kappa shape index (κ2) is 14.0. The first-order chi connectivity index (χ1) is 31.3. The molecule has 63 heavy (non-hydrogen) atoms. The SMILES string of the molecule is c1ccc(-c2nc(-c3ccccc3)nc(-c3ccc(-n4c5ccccc5c5c6oc7ccccc7c6c6c7ccccc7n(-c7ccccc7)c6c54)c(-c4ccccc4)c3)n2)cc1. The van der Waals surface area contributed by atoms with Crippen LogP contribution in [-0.4, -0.2) is 24.1 Å². The molecule has 6 heteroatoms. The minimum atomic E-state index is 0.601. The van der Waals surface area contributed by atoms with E-state index >= 15 is 0 Å². The number of nitrogens with zero attached hydrogens (tertiary/aromatic N) is 5. The molecule has 0 saturated heterocycles. The van der Waals surface area contributed by atoms with Crippen LogP contribution in [0.15, 0.2) is 217 Å². The van der Waals surface area contributed by atoms with Gasteiger partial charge in [-0.25, -0.2) is 15.0 Å². The first-order valence-electron chi connectivity index (χ1n) is 21.2. The van der Waals surface area contributed by atoms with Crippen molar-refractivity contribution in [2.45, 2.75) is 0 Å². The highest BCUT2D eigenvalue weighted by molar-refractivity contribution is 6.39. The second-order valence-corrected chi connectivity index (χ2v) is 15.9. The lowest BCUT2D eigenvalue weighted by Crippen LogP contribution is -2.03. The zero-order valence-electron chi connectivity index (χ0n) is 33.9. The lowest BCUT2D eigenvalue weighted by molar-refractivity contribution is 0.673. The van der Waals surface area contributed by atoms with Crippen molar-refractivity contribution in [3.05, 3.63) is 212 Å². The molecule has 0 aliphatic heterocycles. The van der Waals surface area contributed by atoms with Crippen molar-refractivity contribution in [2.75, 3.05) is 0 Å². The Morgan fingerprint density at radius 3 is 1.46 bits per heavy atom. The monoisotopic (exact) mass is 805 g/mol. The van der Waals surface area contributed by atoms with Crippen LogP contribution in [0, 0.1) is 0 Å². The predicted molar refractivity (Wildman–Crippen MR) is 258 cm³/mol. The van der Waals surface area contributed by atoms with Gasteiger partial charge in [-0.1, -0.05) is 164 Å². The number of para-hydroxylation sites is 4. The molecule has 13 aromatic rings. The minimum Gasteiger partial charge on any atom is -0.455 e. The van der Waals surface area contributed by atoms with Crippen LogP contribution in [0.3, 0.4) is 0 Å². The largest absolute Gasteiger partial charge is 0.455 e. The Bertz CT molecular complexity index is 3830. The summed E-state index contributed by atoms with van der Waals surface area (Å²) in [5.74, 6) is 1.85. The molecule has 0 saturated carbocycles. The van der Waals surface area contributed by atoms with E-state index in [4.69, 9.17) is 19.4 Å². The van der Waals surface area contributed by atoms with Crippen molar-refractivity contribution in [3.63, 3.8) is 0 Å². The number of furan rings is 1. The third-order valence-corrected chi connectivity index (χ3v) is 12.3. The quantitative estimate of drug-likeness (QED) is 0.168. The average Bonchev–Trinajstić information content (AvgIpc) is 4.03. The molecule has 0 N–H and O–H groups in total. The summed E-state index contributed by atoms with van der Waals surface area (Å²) in [6.45, 7) is 0. The highest BCUT2D eigenvalue weighted by Gasteiger charge is 2.28. The van der Waals surface area contributed by atoms with Gasteiger partial charge >= 0.3 is 0 Å². The first-order valence-corrected chi connectivity index (χ1v) is 21.2. The van der Waals surface area contributed by atoms with Gasteiger partial charge in [-0.3, -0.25) is 0 Å². The summed E-state index contributed by atoms with van der Waals surface area (Å²) in [5.41, 5.74) is 13.1. The number of hydrogen-bond acceptors (Lipinski definition) is 4. The molecule has 0 bridgehead atoms. The van der Waals surface area contributed by atoms with Gasteiger partial charge in [-0.2, -0.15) is 0 Å². The van der Waals surface area contributed by atoms with E-state index in [0.717, 1.165) is 99.4 Å². The summed E-state index contributed by atoms with van der Waals surface area (Å²) in [7, 11) is 0. The summed E-state index contributed by atoms with van der Waals surface area (Å²) in [6, 6.07) is 74.2. The number of hydrogen-bond donors (Lipinski definition) is 0. The fourth-order valence-electron chi connectivity index (χ4n) is 9.63. The third kappa shape index (κ3) is 5.41. The number of fused-ring (bicyclic) bond motifs is 12. The Labute approximate surface area is 361 Å². The Kier molecular flexibility index (Phi) is 7.80. The molecule has 0 amide bonds. The van der Waals surface area contributed by atoms with E-state index < -0.39 is 0 Å². The smallest absolute Gasteiger partial charge is 0.164 e. The molecule has 0 spiro atoms. The highest BCUT2D eigenvalue weighted by atomic mass is 16.3. The van der Waals surface area contributed by atoms with E-state index in [1.54, 1.807) is 0 Å². The molecular formula is C57H35N5O. The summed E-state index contributed by atoms with van der Waals surface area (Å²) in [4.78, 5) is 15.3. The Balaban J connectivity index is 1.18. The van der Waals surface area contributed by atoms with Crippen LogP contribution in [0.1, 0.15) is 0 Å². The van der Waals surface area contributed by atoms with Gasteiger partial charge in [0.25, 0.3) is 0 Å². The Morgan fingerprint density at radius 2 is 0.825 bits per heavy atom. The molecule has 4 aromatic heterocycles. The van der Waals surface area contributed by atoms with Crippen LogP contribution in [0.25, 0.3) is 122 Å². The predicted octanol–water partition coefficient (Wildman–Crippen LogP) is 14.6. The normalized spacial score (nSPS) is 11.8. The van der Waals surface area contributed by atoms with Crippen molar-refractivity contribution in [1.29, 1.82) is 0 Å². The van der Waals surface area contributed by atoms with Crippen molar-refractivity contribution in [3.8, 4) is 56.7 Å². The molecule has 0 aliphatic rings. The van der Waals surface area contributed by atoms with Gasteiger partial charge in [0.05, 0.1) is 33.1 Å². The summed E-state index contributed by atoms with van der Waals surface area (Å²) < 4.78 is 11.9. The summed E-state index contributed by atoms with van der Waals surface area (Å²) in [6.07, 6.45) is 0. The molecule has 9 aromatic carbocycles. The molecule has 6 nitrogen and oxygen atoms in total. The van der Waals surface area contributed by atoms with Gasteiger partial charge in [0.15, 0.2) is 17.5 Å². The van der Waals surface area contributed by atoms with Crippen LogP contribution >= 0.6 is 0 Å². The van der Waals surface area contributed by atoms with Crippen LogP contribution in [-0.2, 0) is 0 Å². The second-order valence-electron chi connectivity index (χ2n) is 15.9. The first kappa shape index (κ1) is 35.2. The maximum atomic E-state index is 7.04. The van der Waals surface area contributed by atoms with Gasteiger partial charge < -0.3 is 13.6 Å². The van der Waals surface area contributed by atoms with E-state index in [9.17, 15) is 0 Å². The van der Waals surface area contributed by atoms with Crippen molar-refractivity contribution in [1.82, 2.24) is 24.1 Å². The summed E-state index contributed by atoms with van der Waals surface area (Å²) in [5, 5.41) is 6.75. The number of rotatable bonds is 6. The minimum absolute atomic E-state index is 0.601. The van der Waals surface area contributed by atoms with E-state index in [-0.39, 0.29) is 0 Å². The molecular weight excluding hydrogens is 771 g/mol. The Hall–Kier alpha value is -8.61. The topological polar surface area (TPSA) is 61.7 Å². The molecule has 0 radical (unpaired) electrons. The molecule has 0 unspecified atom stereocenters. The van der Waals surface area contributed by atoms with E-state index in [0.29, 0.717) is 17.5 Å². The lowest BCUT2D eigenvalue weighted by Gasteiger charge is -2.17. The van der Waals surface area contributed by atoms with E-state index in [1.807, 2.05) is 60.7 Å². The maximum Gasteiger partial charge on any atom is 0.164 e. The standard InChI is InChI=1S/C57H35N5O/c1-5-19-36(20-6-1)44-35-39(57-59-55(37-21-7-2-8-22-37)58-56(60-57)38-23-9-3-10-24-38)33-34-47(44)62-46-31-17-14-28-42(46)51-53(62)52-49(50-43-29-15-18-32-48(43)63-54(50)51)41-27-13-16-30-45(41)61(52)40-25-11-4-12-26-40/h1-35H. The maximum absolute atomic E-state index is 7.04. The lowest BCUT2D eigenvalue weighted by atomic mass is 9.99. The van der Waals surface area contributed by atoms with Crippen molar-refractivity contribution >= 4 is 65.6 Å². The van der Waals surface area contributed by atoms with Crippen LogP contribution < -0.4 is 0 Å². The van der Waals surface area contributed by atoms with Gasteiger partial charge in [0.2, 0.25) is 0 Å². The van der Waals surface area contributed by atoms with E-state index in [1.165, 1.54) is 5.39 Å². The average molecular weight is 806 g/mol. The molecule has 4 heterocycles. The fourth-order valence-corrected chi connectivity index (χ4v) is 9.63. The number of aromatic nitrogens is 5. The van der Waals surface area contributed by atoms with E-state index in [2.05, 4.69) is 161 Å². The van der Waals surface area contributed by atoms with Gasteiger partial charge in [0.1, 0.15) is 11.2 Å². The van der Waals surface area contributed by atoms with Gasteiger partial charge in [0, 0.05) is 54.9 Å². The van der Waals surface area contributed by atoms with Gasteiger partial charge in [-0.05, 0) is 54.1 Å². The van der Waals surface area contributed by atoms with Crippen LogP contribution in [0.4, 0.5) is 0 Å². The summed E-state index contributed by atoms with van der Waals surface area (Å²) >= 11 is 0. The van der Waals surface area contributed by atoms with Gasteiger partial charge in [-0.15, -0.1) is 0 Å². The zero-order valence-corrected chi connectivity index (χ0v) is 33.9. The molecule has 13 rings (SSSR count). The van der Waals surface area contributed by atoms with Crippen molar-refractivity contribution in [2.24, 2.45) is 0 Å². The molecule has 0 aliphatic carbocycles. The molecule has 0 atom stereocenters. The van der Waals surface area contributed by atoms with Crippen LogP contribution in [0.5, 0.6) is 0 Å². The third-order valence-electron chi connectivity index (χ3n) is 12.3. The van der Waals surface area contributed by atoms with Crippen LogP contribution in [0.2, 0.25) is 0 Å². The Morgan fingerprint density at radius 1 is 0.349 bits per heavy atom. The number of benzene rings is 9. The van der Waals surface area contributed by atoms with Crippen molar-refractivity contribution < 1.29 is 4.42 Å². The molecule has 294 valence electrons. The highest BCUT2D eigenvalue weighted by Crippen LogP contribution is 2.50.